The smallest absolute Gasteiger partial charge is 0.405 e. The molecule has 0 unspecified atom stereocenters. The Bertz CT molecular complexity index is 617. The lowest BCUT2D eigenvalue weighted by molar-refractivity contribution is -0.384. The quantitative estimate of drug-likeness (QED) is 0.570. The predicted octanol–water partition coefficient (Wildman–Crippen LogP) is 4.00. The first-order chi connectivity index (χ1) is 11.1. The Hall–Kier alpha value is -2.31. The molecule has 1 aliphatic rings. The maximum Gasteiger partial charge on any atom is 0.405 e. The summed E-state index contributed by atoms with van der Waals surface area (Å²) in [6.45, 7) is 6.12. The Kier molecular flexibility index (Phi) is 5.01. The Balaban J connectivity index is 2.09. The monoisotopic (exact) mass is 335 g/mol. The number of nitrogens with zero attached hydrogens (tertiary/aromatic N) is 1. The third-order valence-electron chi connectivity index (χ3n) is 5.08. The molecule has 1 aromatic rings. The molecule has 0 saturated heterocycles. The standard InChI is InChI=1S/C17H25N3O4/c1-16(2,3)17(19-15(21)22)10-8-12(9-11-17)18-13-6-4-5-7-14(13)20(23)24/h4-7,12,18-19H,8-11H2,1-3H3,(H,21,22)/t12-,17-. The topological polar surface area (TPSA) is 104 Å². The lowest BCUT2D eigenvalue weighted by Gasteiger charge is -2.49. The van der Waals surface area contributed by atoms with E-state index >= 15 is 0 Å². The van der Waals surface area contributed by atoms with Crippen LogP contribution in [0.5, 0.6) is 0 Å². The highest BCUT2D eigenvalue weighted by atomic mass is 16.6. The average molecular weight is 335 g/mol. The van der Waals surface area contributed by atoms with Gasteiger partial charge in [-0.25, -0.2) is 4.79 Å². The molecule has 3 N–H and O–H groups in total. The highest BCUT2D eigenvalue weighted by Crippen LogP contribution is 2.42. The van der Waals surface area contributed by atoms with E-state index in [2.05, 4.69) is 10.6 Å². The summed E-state index contributed by atoms with van der Waals surface area (Å²) in [6.07, 6.45) is 1.89. The number of para-hydroxylation sites is 2. The van der Waals surface area contributed by atoms with Gasteiger partial charge < -0.3 is 15.7 Å². The highest BCUT2D eigenvalue weighted by molar-refractivity contribution is 5.66. The summed E-state index contributed by atoms with van der Waals surface area (Å²) in [7, 11) is 0. The zero-order valence-corrected chi connectivity index (χ0v) is 14.3. The summed E-state index contributed by atoms with van der Waals surface area (Å²) in [4.78, 5) is 21.9. The predicted molar refractivity (Wildman–Crippen MR) is 92.3 cm³/mol. The summed E-state index contributed by atoms with van der Waals surface area (Å²) in [6, 6.07) is 6.70. The van der Waals surface area contributed by atoms with Gasteiger partial charge in [-0.1, -0.05) is 32.9 Å². The van der Waals surface area contributed by atoms with Gasteiger partial charge in [0.25, 0.3) is 5.69 Å². The SMILES string of the molecule is CC(C)(C)[C@]1(NC(=O)O)CC[C@H](Nc2ccccc2[N+](=O)[O-])CC1. The van der Waals surface area contributed by atoms with Crippen molar-refractivity contribution in [2.24, 2.45) is 5.41 Å². The van der Waals surface area contributed by atoms with Gasteiger partial charge in [0.1, 0.15) is 5.69 Å². The molecule has 0 heterocycles. The molecule has 0 atom stereocenters. The molecule has 0 radical (unpaired) electrons. The van der Waals surface area contributed by atoms with Crippen molar-refractivity contribution >= 4 is 17.5 Å². The van der Waals surface area contributed by atoms with Crippen molar-refractivity contribution in [3.05, 3.63) is 34.4 Å². The number of nitrogens with one attached hydrogen (secondary N) is 2. The van der Waals surface area contributed by atoms with Crippen LogP contribution in [0.3, 0.4) is 0 Å². The van der Waals surface area contributed by atoms with E-state index in [0.29, 0.717) is 18.5 Å². The van der Waals surface area contributed by atoms with Crippen molar-refractivity contribution in [3.63, 3.8) is 0 Å². The van der Waals surface area contributed by atoms with E-state index in [1.165, 1.54) is 6.07 Å². The number of nitro benzene ring substituents is 1. The van der Waals surface area contributed by atoms with Gasteiger partial charge in [-0.2, -0.15) is 0 Å². The van der Waals surface area contributed by atoms with Gasteiger partial charge >= 0.3 is 6.09 Å². The lowest BCUT2D eigenvalue weighted by Crippen LogP contribution is -2.59. The van der Waals surface area contributed by atoms with Gasteiger partial charge in [-0.15, -0.1) is 0 Å². The lowest BCUT2D eigenvalue weighted by atomic mass is 9.64. The van der Waals surface area contributed by atoms with Crippen molar-refractivity contribution in [1.29, 1.82) is 0 Å². The minimum absolute atomic E-state index is 0.0637. The van der Waals surface area contributed by atoms with Crippen molar-refractivity contribution in [1.82, 2.24) is 5.32 Å². The number of benzene rings is 1. The number of carboxylic acid groups (broad SMARTS) is 1. The first kappa shape index (κ1) is 18.0. The van der Waals surface area contributed by atoms with Crippen molar-refractivity contribution in [2.45, 2.75) is 58.0 Å². The molecule has 0 aliphatic heterocycles. The van der Waals surface area contributed by atoms with Crippen LogP contribution in [0.15, 0.2) is 24.3 Å². The van der Waals surface area contributed by atoms with Gasteiger partial charge in [-0.3, -0.25) is 10.1 Å². The van der Waals surface area contributed by atoms with Crippen molar-refractivity contribution in [3.8, 4) is 0 Å². The minimum Gasteiger partial charge on any atom is -0.465 e. The third-order valence-corrected chi connectivity index (χ3v) is 5.08. The van der Waals surface area contributed by atoms with Gasteiger partial charge in [0, 0.05) is 17.6 Å². The second-order valence-corrected chi connectivity index (χ2v) is 7.46. The summed E-state index contributed by atoms with van der Waals surface area (Å²) in [5.74, 6) is 0. The molecule has 0 spiro atoms. The van der Waals surface area contributed by atoms with Crippen LogP contribution in [0, 0.1) is 15.5 Å². The molecule has 1 aromatic carbocycles. The van der Waals surface area contributed by atoms with Crippen LogP contribution in [-0.4, -0.2) is 27.7 Å². The summed E-state index contributed by atoms with van der Waals surface area (Å²) >= 11 is 0. The van der Waals surface area contributed by atoms with Crippen LogP contribution in [0.4, 0.5) is 16.2 Å². The van der Waals surface area contributed by atoms with E-state index in [9.17, 15) is 20.0 Å². The number of amides is 1. The molecule has 2 rings (SSSR count). The van der Waals surface area contributed by atoms with E-state index in [-0.39, 0.29) is 17.1 Å². The Morgan fingerprint density at radius 3 is 2.38 bits per heavy atom. The molecule has 132 valence electrons. The first-order valence-electron chi connectivity index (χ1n) is 8.16. The molecule has 1 amide bonds. The number of hydrogen-bond acceptors (Lipinski definition) is 4. The maximum atomic E-state index is 11.2. The van der Waals surface area contributed by atoms with Gasteiger partial charge in [0.2, 0.25) is 0 Å². The highest BCUT2D eigenvalue weighted by Gasteiger charge is 2.45. The first-order valence-corrected chi connectivity index (χ1v) is 8.16. The normalized spacial score (nSPS) is 24.2. The molecule has 1 fully saturated rings. The number of rotatable bonds is 4. The van der Waals surface area contributed by atoms with Gasteiger partial charge in [0.05, 0.1) is 4.92 Å². The van der Waals surface area contributed by atoms with Crippen LogP contribution in [0.2, 0.25) is 0 Å². The summed E-state index contributed by atoms with van der Waals surface area (Å²) < 4.78 is 0. The zero-order valence-electron chi connectivity index (χ0n) is 14.3. The van der Waals surface area contributed by atoms with Crippen molar-refractivity contribution in [2.75, 3.05) is 5.32 Å². The second-order valence-electron chi connectivity index (χ2n) is 7.46. The van der Waals surface area contributed by atoms with E-state index in [1.54, 1.807) is 18.2 Å². The second kappa shape index (κ2) is 6.67. The van der Waals surface area contributed by atoms with E-state index in [1.807, 2.05) is 20.8 Å². The molecule has 24 heavy (non-hydrogen) atoms. The maximum absolute atomic E-state index is 11.2. The molecular weight excluding hydrogens is 310 g/mol. The van der Waals surface area contributed by atoms with Crippen LogP contribution in [-0.2, 0) is 0 Å². The zero-order chi connectivity index (χ0) is 18.0. The van der Waals surface area contributed by atoms with Crippen LogP contribution < -0.4 is 10.6 Å². The number of anilines is 1. The fourth-order valence-corrected chi connectivity index (χ4v) is 3.50. The Morgan fingerprint density at radius 1 is 1.29 bits per heavy atom. The van der Waals surface area contributed by atoms with E-state index in [0.717, 1.165) is 12.8 Å². The van der Waals surface area contributed by atoms with Crippen molar-refractivity contribution < 1.29 is 14.8 Å². The molecule has 0 aromatic heterocycles. The molecule has 1 saturated carbocycles. The molecule has 0 bridgehead atoms. The number of nitro groups is 1. The molecule has 7 nitrogen and oxygen atoms in total. The number of carbonyl (C=O) groups is 1. The molecular formula is C17H25N3O4. The van der Waals surface area contributed by atoms with E-state index < -0.39 is 16.6 Å². The average Bonchev–Trinajstić information content (AvgIpc) is 2.48. The summed E-state index contributed by atoms with van der Waals surface area (Å²) in [5, 5.41) is 26.3. The summed E-state index contributed by atoms with van der Waals surface area (Å²) in [5.41, 5.74) is -0.0925. The molecule has 7 heteroatoms. The number of hydrogen-bond donors (Lipinski definition) is 3. The minimum atomic E-state index is -1.00. The van der Waals surface area contributed by atoms with Crippen LogP contribution in [0.25, 0.3) is 0 Å². The van der Waals surface area contributed by atoms with Crippen LogP contribution in [0.1, 0.15) is 46.5 Å². The van der Waals surface area contributed by atoms with Gasteiger partial charge in [-0.05, 0) is 37.2 Å². The Labute approximate surface area is 141 Å². The third kappa shape index (κ3) is 3.77. The fourth-order valence-electron chi connectivity index (χ4n) is 3.50. The largest absolute Gasteiger partial charge is 0.465 e. The molecule has 1 aliphatic carbocycles. The van der Waals surface area contributed by atoms with Crippen LogP contribution >= 0.6 is 0 Å². The fraction of sp³-hybridized carbons (Fsp3) is 0.588. The Morgan fingerprint density at radius 2 is 1.88 bits per heavy atom. The van der Waals surface area contributed by atoms with Gasteiger partial charge in [0.15, 0.2) is 0 Å². The van der Waals surface area contributed by atoms with E-state index in [4.69, 9.17) is 0 Å².